The van der Waals surface area contributed by atoms with Gasteiger partial charge in [-0.3, -0.25) is 14.9 Å². The van der Waals surface area contributed by atoms with Crippen molar-refractivity contribution in [2.24, 2.45) is 0 Å². The highest BCUT2D eigenvalue weighted by molar-refractivity contribution is 7.99. The van der Waals surface area contributed by atoms with Gasteiger partial charge < -0.3 is 9.84 Å². The number of carbonyl (C=O) groups excluding carboxylic acids is 2. The zero-order valence-electron chi connectivity index (χ0n) is 13.4. The van der Waals surface area contributed by atoms with Gasteiger partial charge in [-0.2, -0.15) is 0 Å². The van der Waals surface area contributed by atoms with Gasteiger partial charge in [-0.25, -0.2) is 0 Å². The molecule has 2 N–H and O–H groups in total. The Morgan fingerprint density at radius 3 is 2.36 bits per heavy atom. The molecule has 0 aliphatic carbocycles. The molecule has 0 spiro atoms. The summed E-state index contributed by atoms with van der Waals surface area (Å²) in [6.07, 6.45) is 0. The molecule has 126 valence electrons. The van der Waals surface area contributed by atoms with Gasteiger partial charge >= 0.3 is 11.8 Å². The molecule has 3 rings (SSSR count). The molecule has 7 heteroatoms. The Hall–Kier alpha value is -3.06. The highest BCUT2D eigenvalue weighted by Gasteiger charge is 2.17. The van der Waals surface area contributed by atoms with Gasteiger partial charge in [0.1, 0.15) is 5.76 Å². The van der Waals surface area contributed by atoms with E-state index in [1.807, 2.05) is 42.5 Å². The van der Waals surface area contributed by atoms with E-state index in [1.165, 1.54) is 17.8 Å². The lowest BCUT2D eigenvalue weighted by molar-refractivity contribution is -0.133. The molecule has 0 fully saturated rings. The molecule has 0 atom stereocenters. The normalized spacial score (nSPS) is 10.3. The van der Waals surface area contributed by atoms with Crippen LogP contribution in [0.4, 0.5) is 11.5 Å². The molecular formula is C18H15N3O3S. The molecule has 0 aliphatic rings. The molecule has 0 saturated heterocycles. The summed E-state index contributed by atoms with van der Waals surface area (Å²) in [5.74, 6) is -0.848. The average molecular weight is 353 g/mol. The number of amides is 2. The van der Waals surface area contributed by atoms with Crippen LogP contribution in [0.15, 0.2) is 75.0 Å². The number of aryl methyl sites for hydroxylation is 1. The van der Waals surface area contributed by atoms with Gasteiger partial charge in [0.05, 0.1) is 5.69 Å². The SMILES string of the molecule is Cc1cc(NC(=O)C(=O)Nc2ccccc2Sc2ccccc2)no1. The van der Waals surface area contributed by atoms with E-state index in [0.29, 0.717) is 11.4 Å². The first-order valence-electron chi connectivity index (χ1n) is 7.49. The summed E-state index contributed by atoms with van der Waals surface area (Å²) in [4.78, 5) is 26.0. The molecule has 0 bridgehead atoms. The molecule has 0 aliphatic heterocycles. The van der Waals surface area contributed by atoms with Crippen LogP contribution in [0.3, 0.4) is 0 Å². The molecule has 0 unspecified atom stereocenters. The Kier molecular flexibility index (Phi) is 5.15. The molecule has 2 aromatic carbocycles. The van der Waals surface area contributed by atoms with Gasteiger partial charge in [0.25, 0.3) is 0 Å². The van der Waals surface area contributed by atoms with Crippen LogP contribution in [0.5, 0.6) is 0 Å². The Morgan fingerprint density at radius 2 is 1.64 bits per heavy atom. The average Bonchev–Trinajstić information content (AvgIpc) is 3.02. The van der Waals surface area contributed by atoms with Crippen LogP contribution < -0.4 is 10.6 Å². The fourth-order valence-electron chi connectivity index (χ4n) is 2.05. The summed E-state index contributed by atoms with van der Waals surface area (Å²) >= 11 is 1.50. The minimum absolute atomic E-state index is 0.199. The van der Waals surface area contributed by atoms with Gasteiger partial charge in [0.2, 0.25) is 0 Å². The van der Waals surface area contributed by atoms with Crippen LogP contribution in [0.2, 0.25) is 0 Å². The smallest absolute Gasteiger partial charge is 0.315 e. The minimum atomic E-state index is -0.812. The summed E-state index contributed by atoms with van der Waals surface area (Å²) in [5.41, 5.74) is 0.563. The molecule has 0 saturated carbocycles. The van der Waals surface area contributed by atoms with Crippen LogP contribution in [0, 0.1) is 6.92 Å². The number of anilines is 2. The van der Waals surface area contributed by atoms with Gasteiger partial charge in [-0.1, -0.05) is 47.3 Å². The van der Waals surface area contributed by atoms with Crippen molar-refractivity contribution in [2.45, 2.75) is 16.7 Å². The molecular weight excluding hydrogens is 338 g/mol. The molecule has 25 heavy (non-hydrogen) atoms. The summed E-state index contributed by atoms with van der Waals surface area (Å²) in [6, 6.07) is 18.6. The molecule has 3 aromatic rings. The van der Waals surface area contributed by atoms with Crippen molar-refractivity contribution in [1.82, 2.24) is 5.16 Å². The van der Waals surface area contributed by atoms with E-state index in [2.05, 4.69) is 15.8 Å². The van der Waals surface area contributed by atoms with E-state index in [4.69, 9.17) is 4.52 Å². The maximum Gasteiger partial charge on any atom is 0.315 e. The summed E-state index contributed by atoms with van der Waals surface area (Å²) in [6.45, 7) is 1.69. The van der Waals surface area contributed by atoms with Crippen LogP contribution in [0.25, 0.3) is 0 Å². The second-order valence-corrected chi connectivity index (χ2v) is 6.26. The van der Waals surface area contributed by atoms with Crippen molar-refractivity contribution in [3.63, 3.8) is 0 Å². The number of rotatable bonds is 4. The second-order valence-electron chi connectivity index (χ2n) is 5.14. The van der Waals surface area contributed by atoms with Crippen molar-refractivity contribution in [3.8, 4) is 0 Å². The Morgan fingerprint density at radius 1 is 0.960 bits per heavy atom. The van der Waals surface area contributed by atoms with Crippen molar-refractivity contribution < 1.29 is 14.1 Å². The minimum Gasteiger partial charge on any atom is -0.360 e. The van der Waals surface area contributed by atoms with E-state index < -0.39 is 11.8 Å². The summed E-state index contributed by atoms with van der Waals surface area (Å²) in [5, 5.41) is 8.64. The van der Waals surface area contributed by atoms with E-state index in [1.54, 1.807) is 19.1 Å². The maximum atomic E-state index is 12.1. The van der Waals surface area contributed by atoms with Crippen LogP contribution >= 0.6 is 11.8 Å². The Balaban J connectivity index is 1.69. The molecule has 1 heterocycles. The number of para-hydroxylation sites is 1. The number of nitrogens with zero attached hydrogens (tertiary/aromatic N) is 1. The monoisotopic (exact) mass is 353 g/mol. The molecule has 0 radical (unpaired) electrons. The first-order valence-corrected chi connectivity index (χ1v) is 8.31. The standard InChI is InChI=1S/C18H15N3O3S/c1-12-11-16(21-24-12)20-18(23)17(22)19-14-9-5-6-10-15(14)25-13-7-3-2-4-8-13/h2-11H,1H3,(H,19,22)(H,20,21,23). The first kappa shape index (κ1) is 16.8. The lowest BCUT2D eigenvalue weighted by atomic mass is 10.3. The van der Waals surface area contributed by atoms with Gasteiger partial charge in [0, 0.05) is 15.9 Å². The van der Waals surface area contributed by atoms with Crippen LogP contribution in [-0.2, 0) is 9.59 Å². The number of carbonyl (C=O) groups is 2. The highest BCUT2D eigenvalue weighted by atomic mass is 32.2. The zero-order valence-corrected chi connectivity index (χ0v) is 14.2. The summed E-state index contributed by atoms with van der Waals surface area (Å²) in [7, 11) is 0. The highest BCUT2D eigenvalue weighted by Crippen LogP contribution is 2.33. The van der Waals surface area contributed by atoms with Crippen molar-refractivity contribution >= 4 is 35.1 Å². The van der Waals surface area contributed by atoms with E-state index in [9.17, 15) is 9.59 Å². The van der Waals surface area contributed by atoms with E-state index in [0.717, 1.165) is 9.79 Å². The Labute approximate surface area is 148 Å². The number of hydrogen-bond donors (Lipinski definition) is 2. The van der Waals surface area contributed by atoms with Crippen molar-refractivity contribution in [1.29, 1.82) is 0 Å². The predicted octanol–water partition coefficient (Wildman–Crippen LogP) is 3.71. The third-order valence-electron chi connectivity index (χ3n) is 3.18. The van der Waals surface area contributed by atoms with Gasteiger partial charge in [0.15, 0.2) is 5.82 Å². The van der Waals surface area contributed by atoms with Crippen molar-refractivity contribution in [3.05, 3.63) is 66.4 Å². The number of nitrogens with one attached hydrogen (secondary N) is 2. The lowest BCUT2D eigenvalue weighted by Crippen LogP contribution is -2.29. The number of benzene rings is 2. The first-order chi connectivity index (χ1) is 12.1. The lowest BCUT2D eigenvalue weighted by Gasteiger charge is -2.10. The van der Waals surface area contributed by atoms with Crippen LogP contribution in [0.1, 0.15) is 5.76 Å². The second kappa shape index (κ2) is 7.67. The number of aromatic nitrogens is 1. The molecule has 6 nitrogen and oxygen atoms in total. The third kappa shape index (κ3) is 4.48. The zero-order chi connectivity index (χ0) is 17.6. The van der Waals surface area contributed by atoms with Crippen molar-refractivity contribution in [2.75, 3.05) is 10.6 Å². The number of hydrogen-bond acceptors (Lipinski definition) is 5. The predicted molar refractivity (Wildman–Crippen MR) is 95.5 cm³/mol. The largest absolute Gasteiger partial charge is 0.360 e. The Bertz CT molecular complexity index is 893. The van der Waals surface area contributed by atoms with Crippen LogP contribution in [-0.4, -0.2) is 17.0 Å². The van der Waals surface area contributed by atoms with E-state index in [-0.39, 0.29) is 5.82 Å². The van der Waals surface area contributed by atoms with E-state index >= 15 is 0 Å². The molecule has 1 aromatic heterocycles. The topological polar surface area (TPSA) is 84.2 Å². The fraction of sp³-hybridized carbons (Fsp3) is 0.0556. The quantitative estimate of drug-likeness (QED) is 0.699. The third-order valence-corrected chi connectivity index (χ3v) is 4.27. The van der Waals surface area contributed by atoms with Gasteiger partial charge in [-0.05, 0) is 31.2 Å². The van der Waals surface area contributed by atoms with Gasteiger partial charge in [-0.15, -0.1) is 0 Å². The summed E-state index contributed by atoms with van der Waals surface area (Å²) < 4.78 is 4.85. The molecule has 2 amide bonds. The maximum absolute atomic E-state index is 12.1. The fourth-order valence-corrected chi connectivity index (χ4v) is 2.97.